The van der Waals surface area contributed by atoms with E-state index in [1.165, 1.54) is 11.4 Å². The van der Waals surface area contributed by atoms with Crippen LogP contribution in [0.3, 0.4) is 0 Å². The average Bonchev–Trinajstić information content (AvgIpc) is 2.88. The molecule has 1 aliphatic rings. The summed E-state index contributed by atoms with van der Waals surface area (Å²) in [4.78, 5) is 13.6. The lowest BCUT2D eigenvalue weighted by molar-refractivity contribution is -0.126. The molecule has 3 aromatic rings. The van der Waals surface area contributed by atoms with Gasteiger partial charge in [-0.3, -0.25) is 4.79 Å². The molecule has 1 amide bonds. The number of carbonyl (C=O) groups excluding carboxylic acids is 1. The molecule has 1 fully saturated rings. The van der Waals surface area contributed by atoms with Gasteiger partial charge in [-0.05, 0) is 55.2 Å². The highest BCUT2D eigenvalue weighted by molar-refractivity contribution is 7.89. The largest absolute Gasteiger partial charge is 0.497 e. The first-order valence-corrected chi connectivity index (χ1v) is 12.9. The Hall–Kier alpha value is -3.16. The summed E-state index contributed by atoms with van der Waals surface area (Å²) < 4.78 is 33.0. The fraction of sp³-hybridized carbons (Fsp3) is 0.296. The summed E-state index contributed by atoms with van der Waals surface area (Å²) in [7, 11) is -2.15. The quantitative estimate of drug-likeness (QED) is 0.549. The van der Waals surface area contributed by atoms with Crippen LogP contribution in [0.15, 0.2) is 83.8 Å². The molecule has 0 aromatic heterocycles. The highest BCUT2D eigenvalue weighted by atomic mass is 32.2. The Kier molecular flexibility index (Phi) is 7.34. The second-order valence-electron chi connectivity index (χ2n) is 8.64. The molecular weight excluding hydrogens is 448 g/mol. The predicted molar refractivity (Wildman–Crippen MR) is 132 cm³/mol. The van der Waals surface area contributed by atoms with E-state index in [-0.39, 0.29) is 23.4 Å². The molecule has 0 spiro atoms. The highest BCUT2D eigenvalue weighted by Crippen LogP contribution is 2.27. The maximum Gasteiger partial charge on any atom is 0.243 e. The Balaban J connectivity index is 1.52. The molecule has 0 bridgehead atoms. The van der Waals surface area contributed by atoms with Gasteiger partial charge in [0.25, 0.3) is 0 Å². The standard InChI is InChI=1S/C27H30N2O4S/c1-20-10-12-22(13-11-20)26(21-7-4-3-5-8-21)28-27(30)23-9-6-18-29(19-23)34(31,32)25-16-14-24(33-2)15-17-25/h3-5,7-8,10-17,23,26H,6,9,18-19H2,1-2H3,(H,28,30)/t23-,26-/m1/s1. The number of benzene rings is 3. The molecule has 0 aliphatic carbocycles. The third-order valence-electron chi connectivity index (χ3n) is 6.28. The summed E-state index contributed by atoms with van der Waals surface area (Å²) in [5.74, 6) is 0.0420. The molecule has 1 aliphatic heterocycles. The predicted octanol–water partition coefficient (Wildman–Crippen LogP) is 4.31. The number of hydrogen-bond acceptors (Lipinski definition) is 4. The van der Waals surface area contributed by atoms with Crippen LogP contribution in [-0.2, 0) is 14.8 Å². The summed E-state index contributed by atoms with van der Waals surface area (Å²) in [5, 5.41) is 3.19. The van der Waals surface area contributed by atoms with Gasteiger partial charge >= 0.3 is 0 Å². The number of nitrogens with zero attached hydrogens (tertiary/aromatic N) is 1. The average molecular weight is 479 g/mol. The van der Waals surface area contributed by atoms with Gasteiger partial charge in [0.05, 0.1) is 24.0 Å². The van der Waals surface area contributed by atoms with Crippen molar-refractivity contribution >= 4 is 15.9 Å². The SMILES string of the molecule is COc1ccc(S(=O)(=O)N2CCC[C@@H](C(=O)N[C@H](c3ccccc3)c3ccc(C)cc3)C2)cc1. The molecule has 4 rings (SSSR count). The fourth-order valence-corrected chi connectivity index (χ4v) is 5.82. The summed E-state index contributed by atoms with van der Waals surface area (Å²) in [6.07, 6.45) is 1.28. The van der Waals surface area contributed by atoms with Crippen LogP contribution in [-0.4, -0.2) is 38.8 Å². The van der Waals surface area contributed by atoms with Crippen molar-refractivity contribution in [2.24, 2.45) is 5.92 Å². The molecule has 1 saturated heterocycles. The third-order valence-corrected chi connectivity index (χ3v) is 8.16. The molecular formula is C27H30N2O4S. The van der Waals surface area contributed by atoms with Crippen LogP contribution in [0, 0.1) is 12.8 Å². The fourth-order valence-electron chi connectivity index (χ4n) is 4.30. The summed E-state index contributed by atoms with van der Waals surface area (Å²) in [6, 6.07) is 24.0. The number of methoxy groups -OCH3 is 1. The van der Waals surface area contributed by atoms with Gasteiger partial charge in [-0.2, -0.15) is 4.31 Å². The monoisotopic (exact) mass is 478 g/mol. The van der Waals surface area contributed by atoms with Crippen LogP contribution in [0.4, 0.5) is 0 Å². The second-order valence-corrected chi connectivity index (χ2v) is 10.6. The Morgan fingerprint density at radius 1 is 0.971 bits per heavy atom. The van der Waals surface area contributed by atoms with Gasteiger partial charge in [-0.15, -0.1) is 0 Å². The van der Waals surface area contributed by atoms with Crippen molar-refractivity contribution in [1.29, 1.82) is 0 Å². The maximum absolute atomic E-state index is 13.4. The zero-order valence-electron chi connectivity index (χ0n) is 19.5. The normalized spacial score (nSPS) is 17.6. The van der Waals surface area contributed by atoms with Gasteiger partial charge in [0, 0.05) is 13.1 Å². The van der Waals surface area contributed by atoms with E-state index < -0.39 is 15.9 Å². The molecule has 1 heterocycles. The number of sulfonamides is 1. The highest BCUT2D eigenvalue weighted by Gasteiger charge is 2.34. The van der Waals surface area contributed by atoms with Crippen molar-refractivity contribution in [1.82, 2.24) is 9.62 Å². The van der Waals surface area contributed by atoms with Crippen molar-refractivity contribution in [3.63, 3.8) is 0 Å². The van der Waals surface area contributed by atoms with E-state index in [0.29, 0.717) is 25.1 Å². The lowest BCUT2D eigenvalue weighted by Crippen LogP contribution is -2.46. The van der Waals surface area contributed by atoms with Crippen molar-refractivity contribution in [2.45, 2.75) is 30.7 Å². The number of hydrogen-bond donors (Lipinski definition) is 1. The Labute approximate surface area is 201 Å². The Bertz CT molecular complexity index is 1210. The number of rotatable bonds is 7. The minimum Gasteiger partial charge on any atom is -0.497 e. The van der Waals surface area contributed by atoms with Crippen LogP contribution >= 0.6 is 0 Å². The molecule has 0 unspecified atom stereocenters. The number of amides is 1. The van der Waals surface area contributed by atoms with Crippen LogP contribution in [0.1, 0.15) is 35.6 Å². The minimum absolute atomic E-state index is 0.135. The lowest BCUT2D eigenvalue weighted by atomic mass is 9.94. The van der Waals surface area contributed by atoms with Crippen molar-refractivity contribution < 1.29 is 17.9 Å². The Morgan fingerprint density at radius 2 is 1.62 bits per heavy atom. The number of nitrogens with one attached hydrogen (secondary N) is 1. The van der Waals surface area contributed by atoms with E-state index >= 15 is 0 Å². The van der Waals surface area contributed by atoms with Gasteiger partial charge in [0.2, 0.25) is 15.9 Å². The molecule has 3 aromatic carbocycles. The third kappa shape index (κ3) is 5.32. The first-order chi connectivity index (χ1) is 16.4. The maximum atomic E-state index is 13.4. The van der Waals surface area contributed by atoms with Crippen LogP contribution in [0.25, 0.3) is 0 Å². The number of aryl methyl sites for hydroxylation is 1. The summed E-state index contributed by atoms with van der Waals surface area (Å²) in [6.45, 7) is 2.59. The zero-order valence-corrected chi connectivity index (χ0v) is 20.3. The summed E-state index contributed by atoms with van der Waals surface area (Å²) >= 11 is 0. The van der Waals surface area contributed by atoms with Gasteiger partial charge in [-0.1, -0.05) is 60.2 Å². The topological polar surface area (TPSA) is 75.7 Å². The Morgan fingerprint density at radius 3 is 2.26 bits per heavy atom. The number of carbonyl (C=O) groups is 1. The molecule has 0 saturated carbocycles. The van der Waals surface area contributed by atoms with Gasteiger partial charge in [0.1, 0.15) is 5.75 Å². The lowest BCUT2D eigenvalue weighted by Gasteiger charge is -2.32. The van der Waals surface area contributed by atoms with Crippen LogP contribution in [0.2, 0.25) is 0 Å². The smallest absolute Gasteiger partial charge is 0.243 e. The van der Waals surface area contributed by atoms with E-state index in [1.807, 2.05) is 61.5 Å². The molecule has 6 nitrogen and oxygen atoms in total. The molecule has 2 atom stereocenters. The van der Waals surface area contributed by atoms with Crippen molar-refractivity contribution in [3.05, 3.63) is 95.6 Å². The number of ether oxygens (including phenoxy) is 1. The van der Waals surface area contributed by atoms with E-state index in [0.717, 1.165) is 16.7 Å². The van der Waals surface area contributed by atoms with Gasteiger partial charge in [0.15, 0.2) is 0 Å². The first-order valence-electron chi connectivity index (χ1n) is 11.4. The van der Waals surface area contributed by atoms with Gasteiger partial charge in [-0.25, -0.2) is 8.42 Å². The second kappa shape index (κ2) is 10.4. The van der Waals surface area contributed by atoms with E-state index in [4.69, 9.17) is 4.74 Å². The first kappa shape index (κ1) is 24.0. The number of piperidine rings is 1. The molecule has 0 radical (unpaired) electrons. The van der Waals surface area contributed by atoms with Crippen molar-refractivity contribution in [3.8, 4) is 5.75 Å². The van der Waals surface area contributed by atoms with E-state index in [9.17, 15) is 13.2 Å². The van der Waals surface area contributed by atoms with Crippen LogP contribution in [0.5, 0.6) is 5.75 Å². The molecule has 34 heavy (non-hydrogen) atoms. The van der Waals surface area contributed by atoms with Crippen LogP contribution < -0.4 is 10.1 Å². The summed E-state index contributed by atoms with van der Waals surface area (Å²) in [5.41, 5.74) is 3.12. The van der Waals surface area contributed by atoms with E-state index in [2.05, 4.69) is 5.32 Å². The van der Waals surface area contributed by atoms with Crippen molar-refractivity contribution in [2.75, 3.05) is 20.2 Å². The molecule has 178 valence electrons. The van der Waals surface area contributed by atoms with E-state index in [1.54, 1.807) is 24.3 Å². The minimum atomic E-state index is -3.69. The molecule has 7 heteroatoms. The molecule has 1 N–H and O–H groups in total. The van der Waals surface area contributed by atoms with Gasteiger partial charge < -0.3 is 10.1 Å². The zero-order chi connectivity index (χ0) is 24.1.